The molecule has 1 heterocycles. The summed E-state index contributed by atoms with van der Waals surface area (Å²) in [6.45, 7) is -0.182. The van der Waals surface area contributed by atoms with E-state index in [0.29, 0.717) is 11.8 Å². The minimum absolute atomic E-state index is 0.182. The maximum absolute atomic E-state index is 13.4. The third kappa shape index (κ3) is 2.84. The number of hydrogen-bond donors (Lipinski definition) is 1. The fourth-order valence-corrected chi connectivity index (χ4v) is 1.40. The standard InChI is InChI=1S/C11H10F2N4O2/c1-17-4-6(15-16-17)5-19-11(18)7-2-9(13)10(14)3-8(7)12/h2-4H,5,14H2,1H3. The lowest BCUT2D eigenvalue weighted by Crippen LogP contribution is -2.09. The zero-order chi connectivity index (χ0) is 14.0. The van der Waals surface area contributed by atoms with Gasteiger partial charge < -0.3 is 10.5 Å². The van der Waals surface area contributed by atoms with E-state index in [4.69, 9.17) is 10.5 Å². The number of hydrogen-bond acceptors (Lipinski definition) is 5. The van der Waals surface area contributed by atoms with Crippen molar-refractivity contribution in [3.8, 4) is 0 Å². The summed E-state index contributed by atoms with van der Waals surface area (Å²) < 4.78 is 32.8. The Morgan fingerprint density at radius 2 is 2.16 bits per heavy atom. The number of anilines is 1. The highest BCUT2D eigenvalue weighted by Crippen LogP contribution is 2.17. The molecule has 0 radical (unpaired) electrons. The summed E-state index contributed by atoms with van der Waals surface area (Å²) in [5.74, 6) is -2.82. The molecule has 0 bridgehead atoms. The van der Waals surface area contributed by atoms with Crippen LogP contribution in [0, 0.1) is 11.6 Å². The van der Waals surface area contributed by atoms with Crippen molar-refractivity contribution < 1.29 is 18.3 Å². The van der Waals surface area contributed by atoms with Crippen LogP contribution in [0.3, 0.4) is 0 Å². The monoisotopic (exact) mass is 268 g/mol. The summed E-state index contributed by atoms with van der Waals surface area (Å²) in [5, 5.41) is 7.32. The predicted molar refractivity (Wildman–Crippen MR) is 60.9 cm³/mol. The number of benzene rings is 1. The van der Waals surface area contributed by atoms with Gasteiger partial charge in [0.2, 0.25) is 0 Å². The molecule has 0 atom stereocenters. The average molecular weight is 268 g/mol. The molecule has 0 aliphatic heterocycles. The van der Waals surface area contributed by atoms with Crippen LogP contribution in [-0.4, -0.2) is 21.0 Å². The van der Waals surface area contributed by atoms with Gasteiger partial charge in [-0.2, -0.15) is 0 Å². The molecule has 2 N–H and O–H groups in total. The van der Waals surface area contributed by atoms with Crippen molar-refractivity contribution in [1.82, 2.24) is 15.0 Å². The maximum Gasteiger partial charge on any atom is 0.341 e. The molecule has 0 amide bonds. The molecule has 6 nitrogen and oxygen atoms in total. The van der Waals surface area contributed by atoms with E-state index >= 15 is 0 Å². The van der Waals surface area contributed by atoms with E-state index < -0.39 is 23.2 Å². The van der Waals surface area contributed by atoms with Gasteiger partial charge in [0.05, 0.1) is 17.4 Å². The van der Waals surface area contributed by atoms with Gasteiger partial charge in [0, 0.05) is 13.1 Å². The molecule has 8 heteroatoms. The molecule has 0 aliphatic rings. The number of halogens is 2. The molecule has 0 spiro atoms. The normalized spacial score (nSPS) is 10.5. The first-order valence-electron chi connectivity index (χ1n) is 5.24. The van der Waals surface area contributed by atoms with Gasteiger partial charge in [0.15, 0.2) is 0 Å². The van der Waals surface area contributed by atoms with Gasteiger partial charge in [-0.1, -0.05) is 5.21 Å². The largest absolute Gasteiger partial charge is 0.455 e. The summed E-state index contributed by atoms with van der Waals surface area (Å²) in [6.07, 6.45) is 1.53. The number of nitrogen functional groups attached to an aromatic ring is 1. The zero-order valence-electron chi connectivity index (χ0n) is 9.93. The summed E-state index contributed by atoms with van der Waals surface area (Å²) in [4.78, 5) is 11.6. The van der Waals surface area contributed by atoms with Crippen molar-refractivity contribution in [3.05, 3.63) is 41.2 Å². The van der Waals surface area contributed by atoms with Crippen LogP contribution in [0.1, 0.15) is 16.1 Å². The second kappa shape index (κ2) is 5.01. The first-order chi connectivity index (χ1) is 8.97. The van der Waals surface area contributed by atoms with E-state index in [-0.39, 0.29) is 12.3 Å². The Balaban J connectivity index is 2.10. The molecule has 2 aromatic rings. The third-order valence-electron chi connectivity index (χ3n) is 2.31. The van der Waals surface area contributed by atoms with Crippen LogP contribution in [0.15, 0.2) is 18.3 Å². The predicted octanol–water partition coefficient (Wildman–Crippen LogP) is 1.03. The van der Waals surface area contributed by atoms with Crippen LogP contribution in [0.4, 0.5) is 14.5 Å². The number of aryl methyl sites for hydroxylation is 1. The van der Waals surface area contributed by atoms with E-state index in [1.807, 2.05) is 0 Å². The molecule has 2 rings (SSSR count). The van der Waals surface area contributed by atoms with E-state index in [2.05, 4.69) is 10.3 Å². The number of rotatable bonds is 3. The van der Waals surface area contributed by atoms with E-state index in [1.54, 1.807) is 7.05 Å². The van der Waals surface area contributed by atoms with Crippen molar-refractivity contribution in [3.63, 3.8) is 0 Å². The van der Waals surface area contributed by atoms with Crippen molar-refractivity contribution in [2.75, 3.05) is 5.73 Å². The number of ether oxygens (including phenoxy) is 1. The molecule has 1 aromatic carbocycles. The molecular weight excluding hydrogens is 258 g/mol. The number of esters is 1. The Labute approximate surface area is 106 Å². The highest BCUT2D eigenvalue weighted by Gasteiger charge is 2.17. The topological polar surface area (TPSA) is 83.0 Å². The Bertz CT molecular complexity index is 627. The van der Waals surface area contributed by atoms with Gasteiger partial charge in [0.1, 0.15) is 23.9 Å². The van der Waals surface area contributed by atoms with Crippen molar-refractivity contribution in [1.29, 1.82) is 0 Å². The van der Waals surface area contributed by atoms with Crippen molar-refractivity contribution in [2.24, 2.45) is 7.05 Å². The molecule has 0 fully saturated rings. The van der Waals surface area contributed by atoms with Crippen LogP contribution in [0.2, 0.25) is 0 Å². The van der Waals surface area contributed by atoms with Crippen LogP contribution in [0.5, 0.6) is 0 Å². The van der Waals surface area contributed by atoms with Gasteiger partial charge in [0.25, 0.3) is 0 Å². The highest BCUT2D eigenvalue weighted by atomic mass is 19.1. The number of carbonyl (C=O) groups is 1. The van der Waals surface area contributed by atoms with Gasteiger partial charge in [-0.15, -0.1) is 5.10 Å². The summed E-state index contributed by atoms with van der Waals surface area (Å²) >= 11 is 0. The highest BCUT2D eigenvalue weighted by molar-refractivity contribution is 5.90. The van der Waals surface area contributed by atoms with Crippen LogP contribution >= 0.6 is 0 Å². The van der Waals surface area contributed by atoms with E-state index in [9.17, 15) is 13.6 Å². The summed E-state index contributed by atoms with van der Waals surface area (Å²) in [7, 11) is 1.65. The molecule has 0 saturated heterocycles. The van der Waals surface area contributed by atoms with Gasteiger partial charge in [-0.3, -0.25) is 4.68 Å². The second-order valence-corrected chi connectivity index (χ2v) is 3.81. The minimum atomic E-state index is -0.998. The summed E-state index contributed by atoms with van der Waals surface area (Å²) in [6, 6.07) is 1.43. The molecule has 19 heavy (non-hydrogen) atoms. The lowest BCUT2D eigenvalue weighted by atomic mass is 10.2. The third-order valence-corrected chi connectivity index (χ3v) is 2.31. The van der Waals surface area contributed by atoms with E-state index in [1.165, 1.54) is 10.9 Å². The Morgan fingerprint density at radius 1 is 1.42 bits per heavy atom. The molecule has 0 aliphatic carbocycles. The maximum atomic E-state index is 13.4. The number of carbonyl (C=O) groups excluding carboxylic acids is 1. The second-order valence-electron chi connectivity index (χ2n) is 3.81. The lowest BCUT2D eigenvalue weighted by Gasteiger charge is -2.05. The lowest BCUT2D eigenvalue weighted by molar-refractivity contribution is 0.0461. The Morgan fingerprint density at radius 3 is 2.79 bits per heavy atom. The molecular formula is C11H10F2N4O2. The molecule has 100 valence electrons. The number of nitrogens with two attached hydrogens (primary N) is 1. The molecule has 1 aromatic heterocycles. The Kier molecular flexibility index (Phi) is 3.41. The SMILES string of the molecule is Cn1cc(COC(=O)c2cc(F)c(N)cc2F)nn1. The van der Waals surface area contributed by atoms with Crippen LogP contribution < -0.4 is 5.73 Å². The zero-order valence-corrected chi connectivity index (χ0v) is 9.93. The van der Waals surface area contributed by atoms with Crippen molar-refractivity contribution in [2.45, 2.75) is 6.61 Å². The fourth-order valence-electron chi connectivity index (χ4n) is 1.40. The van der Waals surface area contributed by atoms with Crippen LogP contribution in [0.25, 0.3) is 0 Å². The summed E-state index contributed by atoms with van der Waals surface area (Å²) in [5.41, 5.74) is 4.67. The van der Waals surface area contributed by atoms with Crippen LogP contribution in [-0.2, 0) is 18.4 Å². The smallest absolute Gasteiger partial charge is 0.341 e. The van der Waals surface area contributed by atoms with Gasteiger partial charge >= 0.3 is 5.97 Å². The first-order valence-corrected chi connectivity index (χ1v) is 5.24. The fraction of sp³-hybridized carbons (Fsp3) is 0.182. The van der Waals surface area contributed by atoms with Gasteiger partial charge in [-0.05, 0) is 6.07 Å². The Hall–Kier alpha value is -2.51. The molecule has 0 unspecified atom stereocenters. The number of nitrogens with zero attached hydrogens (tertiary/aromatic N) is 3. The number of aromatic nitrogens is 3. The van der Waals surface area contributed by atoms with E-state index in [0.717, 1.165) is 6.07 Å². The van der Waals surface area contributed by atoms with Crippen molar-refractivity contribution >= 4 is 11.7 Å². The minimum Gasteiger partial charge on any atom is -0.455 e. The quantitative estimate of drug-likeness (QED) is 0.664. The molecule has 0 saturated carbocycles. The van der Waals surface area contributed by atoms with Gasteiger partial charge in [-0.25, -0.2) is 13.6 Å². The average Bonchev–Trinajstić information content (AvgIpc) is 2.77. The first kappa shape index (κ1) is 12.9.